The van der Waals surface area contributed by atoms with Gasteiger partial charge in [0.15, 0.2) is 5.65 Å². The number of nitrogens with zero attached hydrogens (tertiary/aromatic N) is 5. The summed E-state index contributed by atoms with van der Waals surface area (Å²) in [7, 11) is 1.88. The van der Waals surface area contributed by atoms with Gasteiger partial charge in [0.1, 0.15) is 0 Å². The lowest BCUT2D eigenvalue weighted by Gasteiger charge is -2.35. The van der Waals surface area contributed by atoms with E-state index < -0.39 is 0 Å². The molecule has 8 heteroatoms. The monoisotopic (exact) mass is 411 g/mol. The Bertz CT molecular complexity index is 982. The van der Waals surface area contributed by atoms with Gasteiger partial charge in [0.25, 0.3) is 5.91 Å². The van der Waals surface area contributed by atoms with Gasteiger partial charge < -0.3 is 14.5 Å². The van der Waals surface area contributed by atoms with Gasteiger partial charge in [-0.2, -0.15) is 5.10 Å². The van der Waals surface area contributed by atoms with E-state index in [1.165, 1.54) is 0 Å². The summed E-state index contributed by atoms with van der Waals surface area (Å²) in [5.41, 5.74) is 3.34. The molecule has 1 aliphatic carbocycles. The van der Waals surface area contributed by atoms with Crippen LogP contribution in [0.25, 0.3) is 11.0 Å². The zero-order valence-corrected chi connectivity index (χ0v) is 17.8. The number of morpholine rings is 1. The van der Waals surface area contributed by atoms with Crippen molar-refractivity contribution in [3.8, 4) is 0 Å². The van der Waals surface area contributed by atoms with Crippen LogP contribution in [-0.4, -0.2) is 75.8 Å². The van der Waals surface area contributed by atoms with Crippen LogP contribution in [0.5, 0.6) is 0 Å². The van der Waals surface area contributed by atoms with E-state index in [1.54, 1.807) is 4.68 Å². The minimum atomic E-state index is 0.00626. The van der Waals surface area contributed by atoms with Crippen molar-refractivity contribution < 1.29 is 14.3 Å². The summed E-state index contributed by atoms with van der Waals surface area (Å²) in [6.45, 7) is 5.76. The fourth-order valence-corrected chi connectivity index (χ4v) is 4.76. The summed E-state index contributed by atoms with van der Waals surface area (Å²) in [6, 6.07) is 1.99. The van der Waals surface area contributed by atoms with E-state index in [9.17, 15) is 9.59 Å². The molecule has 3 aliphatic rings. The molecule has 5 rings (SSSR count). The largest absolute Gasteiger partial charge is 0.378 e. The zero-order chi connectivity index (χ0) is 20.8. The van der Waals surface area contributed by atoms with Crippen molar-refractivity contribution in [2.24, 2.45) is 13.0 Å². The van der Waals surface area contributed by atoms with Gasteiger partial charge >= 0.3 is 0 Å². The predicted octanol–water partition coefficient (Wildman–Crippen LogP) is 1.87. The molecule has 30 heavy (non-hydrogen) atoms. The SMILES string of the molecule is Cc1nn(C)c2nc(C3CC3)cc(C(=O)N3CCC(C(=O)N4CCOCC4)CC3)c12. The molecule has 4 heterocycles. The molecule has 2 aromatic rings. The lowest BCUT2D eigenvalue weighted by Crippen LogP contribution is -2.47. The van der Waals surface area contributed by atoms with E-state index in [2.05, 4.69) is 5.10 Å². The fraction of sp³-hybridized carbons (Fsp3) is 0.636. The van der Waals surface area contributed by atoms with Crippen molar-refractivity contribution in [2.45, 2.75) is 38.5 Å². The number of fused-ring (bicyclic) bond motifs is 1. The predicted molar refractivity (Wildman–Crippen MR) is 111 cm³/mol. The Kier molecular flexibility index (Phi) is 4.97. The summed E-state index contributed by atoms with van der Waals surface area (Å²) in [5, 5.41) is 5.37. The maximum absolute atomic E-state index is 13.5. The van der Waals surface area contributed by atoms with Crippen LogP contribution in [0.2, 0.25) is 0 Å². The lowest BCUT2D eigenvalue weighted by atomic mass is 9.94. The molecule has 0 aromatic carbocycles. The Hall–Kier alpha value is -2.48. The van der Waals surface area contributed by atoms with E-state index in [0.717, 1.165) is 48.1 Å². The fourth-order valence-electron chi connectivity index (χ4n) is 4.76. The summed E-state index contributed by atoms with van der Waals surface area (Å²) in [5.74, 6) is 0.730. The lowest BCUT2D eigenvalue weighted by molar-refractivity contribution is -0.141. The highest BCUT2D eigenvalue weighted by Crippen LogP contribution is 2.40. The van der Waals surface area contributed by atoms with E-state index >= 15 is 0 Å². The number of carbonyl (C=O) groups is 2. The average Bonchev–Trinajstić information content (AvgIpc) is 3.59. The quantitative estimate of drug-likeness (QED) is 0.770. The first-order chi connectivity index (χ1) is 14.5. The van der Waals surface area contributed by atoms with E-state index in [0.29, 0.717) is 50.9 Å². The Morgan fingerprint density at radius 2 is 1.73 bits per heavy atom. The molecule has 2 aromatic heterocycles. The zero-order valence-electron chi connectivity index (χ0n) is 17.8. The van der Waals surface area contributed by atoms with Crippen molar-refractivity contribution >= 4 is 22.8 Å². The smallest absolute Gasteiger partial charge is 0.254 e. The number of carbonyl (C=O) groups excluding carboxylic acids is 2. The molecule has 2 amide bonds. The number of piperidine rings is 1. The number of aryl methyl sites for hydroxylation is 2. The van der Waals surface area contributed by atoms with Gasteiger partial charge in [-0.1, -0.05) is 0 Å². The number of rotatable bonds is 3. The van der Waals surface area contributed by atoms with Crippen LogP contribution in [-0.2, 0) is 16.6 Å². The highest BCUT2D eigenvalue weighted by molar-refractivity contribution is 6.06. The first-order valence-corrected chi connectivity index (χ1v) is 11.0. The van der Waals surface area contributed by atoms with Gasteiger partial charge in [0.05, 0.1) is 29.9 Å². The highest BCUT2D eigenvalue weighted by Gasteiger charge is 2.33. The maximum atomic E-state index is 13.5. The minimum Gasteiger partial charge on any atom is -0.378 e. The molecule has 8 nitrogen and oxygen atoms in total. The van der Waals surface area contributed by atoms with Crippen molar-refractivity contribution in [1.29, 1.82) is 0 Å². The van der Waals surface area contributed by atoms with Crippen LogP contribution in [0.15, 0.2) is 6.07 Å². The van der Waals surface area contributed by atoms with Crippen LogP contribution >= 0.6 is 0 Å². The Morgan fingerprint density at radius 3 is 2.40 bits per heavy atom. The second-order valence-corrected chi connectivity index (χ2v) is 8.78. The van der Waals surface area contributed by atoms with Gasteiger partial charge in [-0.25, -0.2) is 4.98 Å². The molecule has 0 N–H and O–H groups in total. The molecule has 3 fully saturated rings. The first kappa shape index (κ1) is 19.5. The summed E-state index contributed by atoms with van der Waals surface area (Å²) in [6.07, 6.45) is 3.71. The molecule has 0 bridgehead atoms. The number of aromatic nitrogens is 3. The third-order valence-corrected chi connectivity index (χ3v) is 6.67. The summed E-state index contributed by atoms with van der Waals surface area (Å²) < 4.78 is 7.13. The number of pyridine rings is 1. The van der Waals surface area contributed by atoms with E-state index in [1.807, 2.05) is 29.8 Å². The van der Waals surface area contributed by atoms with Crippen LogP contribution in [0, 0.1) is 12.8 Å². The molecule has 0 spiro atoms. The van der Waals surface area contributed by atoms with Gasteiger partial charge in [-0.15, -0.1) is 0 Å². The van der Waals surface area contributed by atoms with Gasteiger partial charge in [-0.3, -0.25) is 14.3 Å². The standard InChI is InChI=1S/C22H29N5O3/c1-14-19-17(13-18(15-3-4-15)23-20(19)25(2)24-14)22(29)26-7-5-16(6-8-26)21(28)27-9-11-30-12-10-27/h13,15-16H,3-12H2,1-2H3. The number of hydrogen-bond acceptors (Lipinski definition) is 5. The molecule has 2 aliphatic heterocycles. The van der Waals surface area contributed by atoms with Gasteiger partial charge in [0.2, 0.25) is 5.91 Å². The minimum absolute atomic E-state index is 0.00626. The number of hydrogen-bond donors (Lipinski definition) is 0. The number of amides is 2. The van der Waals surface area contributed by atoms with Crippen LogP contribution in [0.1, 0.15) is 53.3 Å². The normalized spacial score (nSPS) is 20.7. The summed E-state index contributed by atoms with van der Waals surface area (Å²) >= 11 is 0. The molecular formula is C22H29N5O3. The van der Waals surface area contributed by atoms with Crippen molar-refractivity contribution in [2.75, 3.05) is 39.4 Å². The first-order valence-electron chi connectivity index (χ1n) is 11.0. The third-order valence-electron chi connectivity index (χ3n) is 6.67. The topological polar surface area (TPSA) is 80.6 Å². The molecular weight excluding hydrogens is 382 g/mol. The Morgan fingerprint density at radius 1 is 1.03 bits per heavy atom. The molecule has 1 saturated carbocycles. The Balaban J connectivity index is 1.34. The van der Waals surface area contributed by atoms with Crippen molar-refractivity contribution in [3.63, 3.8) is 0 Å². The van der Waals surface area contributed by atoms with Crippen LogP contribution in [0.4, 0.5) is 0 Å². The van der Waals surface area contributed by atoms with Crippen molar-refractivity contribution in [3.05, 3.63) is 23.0 Å². The third kappa shape index (κ3) is 3.47. The number of likely N-dealkylation sites (tertiary alicyclic amines) is 1. The second-order valence-electron chi connectivity index (χ2n) is 8.78. The van der Waals surface area contributed by atoms with E-state index in [-0.39, 0.29) is 17.7 Å². The van der Waals surface area contributed by atoms with Crippen molar-refractivity contribution in [1.82, 2.24) is 24.6 Å². The second kappa shape index (κ2) is 7.65. The van der Waals surface area contributed by atoms with Gasteiger partial charge in [0, 0.05) is 50.8 Å². The van der Waals surface area contributed by atoms with E-state index in [4.69, 9.17) is 9.72 Å². The molecule has 160 valence electrons. The molecule has 0 atom stereocenters. The highest BCUT2D eigenvalue weighted by atomic mass is 16.5. The summed E-state index contributed by atoms with van der Waals surface area (Å²) in [4.78, 5) is 34.9. The van der Waals surface area contributed by atoms with Gasteiger partial charge in [-0.05, 0) is 38.7 Å². The van der Waals surface area contributed by atoms with Crippen LogP contribution in [0.3, 0.4) is 0 Å². The molecule has 0 radical (unpaired) electrons. The Labute approximate surface area is 176 Å². The van der Waals surface area contributed by atoms with Crippen LogP contribution < -0.4 is 0 Å². The maximum Gasteiger partial charge on any atom is 0.254 e. The number of ether oxygens (including phenoxy) is 1. The molecule has 0 unspecified atom stereocenters. The average molecular weight is 412 g/mol. The molecule has 2 saturated heterocycles.